The molecular weight excluding hydrogens is 295 g/mol. The number of likely N-dealkylation sites (tertiary alicyclic amines) is 1. The van der Waals surface area contributed by atoms with Gasteiger partial charge < -0.3 is 10.2 Å². The summed E-state index contributed by atoms with van der Waals surface area (Å²) in [6.07, 6.45) is 0.150. The molecule has 1 heterocycles. The quantitative estimate of drug-likeness (QED) is 0.947. The second kappa shape index (κ2) is 6.20. The fourth-order valence-corrected chi connectivity index (χ4v) is 2.98. The van der Waals surface area contributed by atoms with Crippen LogP contribution in [0, 0.1) is 11.7 Å². The molecule has 1 N–H and O–H groups in total. The van der Waals surface area contributed by atoms with Gasteiger partial charge in [0.1, 0.15) is 5.82 Å². The number of anilines is 1. The third-order valence-corrected chi connectivity index (χ3v) is 4.18. The zero-order valence-corrected chi connectivity index (χ0v) is 12.7. The molecule has 0 aromatic heterocycles. The van der Waals surface area contributed by atoms with E-state index in [0.717, 1.165) is 5.56 Å². The third kappa shape index (κ3) is 3.08. The Morgan fingerprint density at radius 2 is 1.78 bits per heavy atom. The maximum atomic E-state index is 13.1. The molecule has 2 amide bonds. The van der Waals surface area contributed by atoms with E-state index in [1.165, 1.54) is 12.1 Å². The SMILES string of the molecule is CN1C(=O)C[C@@H](C(=O)Nc2ccccc2)[C@H]1c1ccc(F)cc1. The summed E-state index contributed by atoms with van der Waals surface area (Å²) in [6, 6.07) is 14.7. The first-order valence-electron chi connectivity index (χ1n) is 7.43. The van der Waals surface area contributed by atoms with Gasteiger partial charge in [-0.05, 0) is 29.8 Å². The number of benzene rings is 2. The lowest BCUT2D eigenvalue weighted by molar-refractivity contribution is -0.127. The van der Waals surface area contributed by atoms with Crippen LogP contribution in [0.3, 0.4) is 0 Å². The highest BCUT2D eigenvalue weighted by Crippen LogP contribution is 2.37. The molecule has 1 aliphatic heterocycles. The van der Waals surface area contributed by atoms with Crippen LogP contribution in [0.1, 0.15) is 18.0 Å². The van der Waals surface area contributed by atoms with Gasteiger partial charge in [0.05, 0.1) is 12.0 Å². The number of hydrogen-bond donors (Lipinski definition) is 1. The largest absolute Gasteiger partial charge is 0.338 e. The number of para-hydroxylation sites is 1. The van der Waals surface area contributed by atoms with E-state index < -0.39 is 5.92 Å². The van der Waals surface area contributed by atoms with E-state index in [0.29, 0.717) is 5.69 Å². The molecule has 0 bridgehead atoms. The van der Waals surface area contributed by atoms with E-state index in [-0.39, 0.29) is 30.1 Å². The number of amides is 2. The van der Waals surface area contributed by atoms with Crippen LogP contribution < -0.4 is 5.32 Å². The molecule has 0 spiro atoms. The molecule has 2 aromatic rings. The molecule has 0 aliphatic carbocycles. The number of rotatable bonds is 3. The van der Waals surface area contributed by atoms with E-state index in [1.54, 1.807) is 36.2 Å². The Hall–Kier alpha value is -2.69. The molecule has 2 aromatic carbocycles. The summed E-state index contributed by atoms with van der Waals surface area (Å²) in [6.45, 7) is 0. The number of nitrogens with one attached hydrogen (secondary N) is 1. The Kier molecular flexibility index (Phi) is 4.10. The molecule has 4 nitrogen and oxygen atoms in total. The number of hydrogen-bond acceptors (Lipinski definition) is 2. The van der Waals surface area contributed by atoms with Crippen molar-refractivity contribution in [1.29, 1.82) is 0 Å². The molecule has 23 heavy (non-hydrogen) atoms. The lowest BCUT2D eigenvalue weighted by Gasteiger charge is -2.25. The van der Waals surface area contributed by atoms with Gasteiger partial charge in [-0.1, -0.05) is 30.3 Å². The van der Waals surface area contributed by atoms with E-state index in [4.69, 9.17) is 0 Å². The fraction of sp³-hybridized carbons (Fsp3) is 0.222. The van der Waals surface area contributed by atoms with Crippen LogP contribution >= 0.6 is 0 Å². The number of nitrogens with zero attached hydrogens (tertiary/aromatic N) is 1. The molecule has 2 atom stereocenters. The van der Waals surface area contributed by atoms with Crippen LogP contribution in [0.2, 0.25) is 0 Å². The summed E-state index contributed by atoms with van der Waals surface area (Å²) in [4.78, 5) is 26.2. The molecule has 3 rings (SSSR count). The lowest BCUT2D eigenvalue weighted by Crippen LogP contribution is -2.30. The van der Waals surface area contributed by atoms with E-state index in [9.17, 15) is 14.0 Å². The number of halogens is 1. The Morgan fingerprint density at radius 1 is 1.13 bits per heavy atom. The van der Waals surface area contributed by atoms with Crippen molar-refractivity contribution < 1.29 is 14.0 Å². The van der Waals surface area contributed by atoms with Gasteiger partial charge in [-0.25, -0.2) is 4.39 Å². The summed E-state index contributed by atoms with van der Waals surface area (Å²) in [7, 11) is 1.67. The van der Waals surface area contributed by atoms with Crippen LogP contribution in [-0.4, -0.2) is 23.8 Å². The molecule has 1 aliphatic rings. The van der Waals surface area contributed by atoms with Crippen LogP contribution in [0.4, 0.5) is 10.1 Å². The van der Waals surface area contributed by atoms with Crippen LogP contribution in [0.5, 0.6) is 0 Å². The first-order valence-corrected chi connectivity index (χ1v) is 7.43. The molecule has 118 valence electrons. The highest BCUT2D eigenvalue weighted by Gasteiger charge is 2.42. The Balaban J connectivity index is 1.85. The van der Waals surface area contributed by atoms with E-state index in [2.05, 4.69) is 5.32 Å². The zero-order chi connectivity index (χ0) is 16.4. The van der Waals surface area contributed by atoms with Gasteiger partial charge in [0.25, 0.3) is 0 Å². The zero-order valence-electron chi connectivity index (χ0n) is 12.7. The minimum Gasteiger partial charge on any atom is -0.338 e. The van der Waals surface area contributed by atoms with E-state index in [1.807, 2.05) is 18.2 Å². The van der Waals surface area contributed by atoms with Crippen molar-refractivity contribution in [3.63, 3.8) is 0 Å². The monoisotopic (exact) mass is 312 g/mol. The maximum absolute atomic E-state index is 13.1. The molecular formula is C18H17FN2O2. The predicted octanol–water partition coefficient (Wildman–Crippen LogP) is 2.98. The van der Waals surface area contributed by atoms with Crippen molar-refractivity contribution in [2.24, 2.45) is 5.92 Å². The Bertz CT molecular complexity index is 716. The second-order valence-electron chi connectivity index (χ2n) is 5.67. The molecule has 1 saturated heterocycles. The van der Waals surface area contributed by atoms with Crippen LogP contribution in [0.25, 0.3) is 0 Å². The molecule has 0 radical (unpaired) electrons. The first kappa shape index (κ1) is 15.2. The normalized spacial score (nSPS) is 20.6. The first-order chi connectivity index (χ1) is 11.1. The van der Waals surface area contributed by atoms with Crippen molar-refractivity contribution in [1.82, 2.24) is 4.90 Å². The molecule has 1 fully saturated rings. The molecule has 0 unspecified atom stereocenters. The summed E-state index contributed by atoms with van der Waals surface area (Å²) >= 11 is 0. The average Bonchev–Trinajstić information content (AvgIpc) is 2.85. The van der Waals surface area contributed by atoms with Gasteiger partial charge in [0, 0.05) is 19.2 Å². The minimum absolute atomic E-state index is 0.0902. The van der Waals surface area contributed by atoms with Crippen LogP contribution in [0.15, 0.2) is 54.6 Å². The van der Waals surface area contributed by atoms with Gasteiger partial charge in [0.2, 0.25) is 11.8 Å². The van der Waals surface area contributed by atoms with Gasteiger partial charge in [-0.2, -0.15) is 0 Å². The topological polar surface area (TPSA) is 49.4 Å². The van der Waals surface area contributed by atoms with Gasteiger partial charge >= 0.3 is 0 Å². The summed E-state index contributed by atoms with van der Waals surface area (Å²) in [5.74, 6) is -1.14. The fourth-order valence-electron chi connectivity index (χ4n) is 2.98. The summed E-state index contributed by atoms with van der Waals surface area (Å²) < 4.78 is 13.1. The molecule has 5 heteroatoms. The predicted molar refractivity (Wildman–Crippen MR) is 85.1 cm³/mol. The Morgan fingerprint density at radius 3 is 2.43 bits per heavy atom. The van der Waals surface area contributed by atoms with E-state index >= 15 is 0 Å². The Labute approximate surface area is 133 Å². The highest BCUT2D eigenvalue weighted by atomic mass is 19.1. The number of carbonyl (C=O) groups is 2. The summed E-state index contributed by atoms with van der Waals surface area (Å²) in [5.41, 5.74) is 1.45. The molecule has 0 saturated carbocycles. The highest BCUT2D eigenvalue weighted by molar-refractivity contribution is 5.97. The van der Waals surface area contributed by atoms with Crippen molar-refractivity contribution in [3.8, 4) is 0 Å². The van der Waals surface area contributed by atoms with Crippen molar-refractivity contribution >= 4 is 17.5 Å². The van der Waals surface area contributed by atoms with Gasteiger partial charge in [-0.15, -0.1) is 0 Å². The van der Waals surface area contributed by atoms with Crippen molar-refractivity contribution in [3.05, 3.63) is 66.0 Å². The standard InChI is InChI=1S/C18H17FN2O2/c1-21-16(22)11-15(17(21)12-7-9-13(19)10-8-12)18(23)20-14-5-3-2-4-6-14/h2-10,15,17H,11H2,1H3,(H,20,23)/t15-,17-/m1/s1. The average molecular weight is 312 g/mol. The van der Waals surface area contributed by atoms with Crippen molar-refractivity contribution in [2.45, 2.75) is 12.5 Å². The van der Waals surface area contributed by atoms with Gasteiger partial charge in [0.15, 0.2) is 0 Å². The second-order valence-corrected chi connectivity index (χ2v) is 5.67. The number of carbonyl (C=O) groups excluding carboxylic acids is 2. The van der Waals surface area contributed by atoms with Gasteiger partial charge in [-0.3, -0.25) is 9.59 Å². The maximum Gasteiger partial charge on any atom is 0.230 e. The third-order valence-electron chi connectivity index (χ3n) is 4.18. The smallest absolute Gasteiger partial charge is 0.230 e. The minimum atomic E-state index is -0.502. The summed E-state index contributed by atoms with van der Waals surface area (Å²) in [5, 5.41) is 2.84. The van der Waals surface area contributed by atoms with Crippen molar-refractivity contribution in [2.75, 3.05) is 12.4 Å². The lowest BCUT2D eigenvalue weighted by atomic mass is 9.93. The van der Waals surface area contributed by atoms with Crippen LogP contribution in [-0.2, 0) is 9.59 Å².